The minimum Gasteiger partial charge on any atom is -0.344 e. The first-order valence-electron chi connectivity index (χ1n) is 11.5. The lowest BCUT2D eigenvalue weighted by atomic mass is 9.94. The molecule has 0 aliphatic rings. The number of benzene rings is 2. The third-order valence-corrected chi connectivity index (χ3v) is 5.52. The number of nitrogens with one attached hydrogen (secondary N) is 3. The molecule has 39 heavy (non-hydrogen) atoms. The molecule has 0 aliphatic heterocycles. The van der Waals surface area contributed by atoms with Gasteiger partial charge in [0.2, 0.25) is 17.6 Å². The molecule has 2 atom stereocenters. The molecule has 0 aromatic heterocycles. The van der Waals surface area contributed by atoms with E-state index in [9.17, 15) is 41.1 Å². The lowest BCUT2D eigenvalue weighted by Crippen LogP contribution is -2.58. The van der Waals surface area contributed by atoms with Gasteiger partial charge in [0, 0.05) is 11.1 Å². The molecule has 2 aromatic rings. The van der Waals surface area contributed by atoms with Crippen LogP contribution >= 0.6 is 11.6 Å². The zero-order valence-corrected chi connectivity index (χ0v) is 21.4. The van der Waals surface area contributed by atoms with E-state index in [4.69, 9.17) is 11.6 Å². The molecule has 0 fully saturated rings. The number of halogens is 6. The second kappa shape index (κ2) is 13.3. The summed E-state index contributed by atoms with van der Waals surface area (Å²) in [5.74, 6) is -12.2. The Kier molecular flexibility index (Phi) is 10.7. The number of hydrogen-bond donors (Lipinski definition) is 3. The van der Waals surface area contributed by atoms with Gasteiger partial charge in [0.05, 0.1) is 6.04 Å². The average Bonchev–Trinajstić information content (AvgIpc) is 2.87. The van der Waals surface area contributed by atoms with E-state index < -0.39 is 60.1 Å². The van der Waals surface area contributed by atoms with Crippen molar-refractivity contribution in [3.63, 3.8) is 0 Å². The highest BCUT2D eigenvalue weighted by molar-refractivity contribution is 6.30. The molecule has 0 bridgehead atoms. The van der Waals surface area contributed by atoms with Gasteiger partial charge in [0.25, 0.3) is 5.91 Å². The van der Waals surface area contributed by atoms with Gasteiger partial charge in [-0.05, 0) is 35.3 Å². The number of hydrogen-bond acceptors (Lipinski definition) is 4. The maximum atomic E-state index is 14.5. The topological polar surface area (TPSA) is 104 Å². The van der Waals surface area contributed by atoms with Gasteiger partial charge in [-0.1, -0.05) is 67.9 Å². The van der Waals surface area contributed by atoms with E-state index in [0.717, 1.165) is 11.4 Å². The minimum atomic E-state index is -4.98. The Balaban J connectivity index is 2.24. The van der Waals surface area contributed by atoms with Crippen LogP contribution in [0.4, 0.5) is 22.0 Å². The van der Waals surface area contributed by atoms with Crippen molar-refractivity contribution in [1.29, 1.82) is 0 Å². The van der Waals surface area contributed by atoms with Crippen LogP contribution in [0.3, 0.4) is 0 Å². The van der Waals surface area contributed by atoms with Crippen LogP contribution in [0.2, 0.25) is 5.02 Å². The third-order valence-electron chi connectivity index (χ3n) is 5.27. The predicted molar refractivity (Wildman–Crippen MR) is 134 cm³/mol. The first kappa shape index (κ1) is 31.4. The smallest absolute Gasteiger partial charge is 0.344 e. The van der Waals surface area contributed by atoms with Crippen molar-refractivity contribution >= 4 is 41.2 Å². The average molecular weight is 574 g/mol. The molecule has 0 saturated heterocycles. The standard InChI is InChI=1S/C26H25ClF5N3O4/c1-15(2)20(22(37)26(31,32)24(39)33-14-25(28,29)30)35-23(38)21(17-6-4-3-5-7-17)34-19(36)13-10-16-8-11-18(27)12-9-16/h3-13,15,20-21H,14H2,1-2H3,(H,33,39)(H,34,36)(H,35,38). The van der Waals surface area contributed by atoms with Crippen molar-refractivity contribution in [1.82, 2.24) is 16.0 Å². The SMILES string of the molecule is CC(C)C(NC(=O)C(NC(=O)C=Cc1ccc(Cl)cc1)c1ccccc1)C(=O)C(F)(F)C(=O)NCC(F)(F)F. The molecule has 2 aromatic carbocycles. The molecule has 0 radical (unpaired) electrons. The zero-order chi connectivity index (χ0) is 29.4. The summed E-state index contributed by atoms with van der Waals surface area (Å²) in [6, 6.07) is 10.7. The molecule has 7 nitrogen and oxygen atoms in total. The van der Waals surface area contributed by atoms with Crippen LogP contribution in [0.25, 0.3) is 6.08 Å². The summed E-state index contributed by atoms with van der Waals surface area (Å²) in [6.07, 6.45) is -2.42. The third kappa shape index (κ3) is 9.47. The van der Waals surface area contributed by atoms with E-state index in [1.807, 2.05) is 0 Å². The quantitative estimate of drug-likeness (QED) is 0.213. The number of amides is 3. The Hall–Kier alpha value is -3.80. The molecular weight excluding hydrogens is 549 g/mol. The van der Waals surface area contributed by atoms with E-state index in [1.165, 1.54) is 32.1 Å². The van der Waals surface area contributed by atoms with Gasteiger partial charge >= 0.3 is 12.1 Å². The van der Waals surface area contributed by atoms with E-state index >= 15 is 0 Å². The Labute approximate surface area is 225 Å². The van der Waals surface area contributed by atoms with E-state index in [1.54, 1.807) is 42.5 Å². The lowest BCUT2D eigenvalue weighted by molar-refractivity contribution is -0.165. The van der Waals surface area contributed by atoms with Gasteiger partial charge < -0.3 is 16.0 Å². The fraction of sp³-hybridized carbons (Fsp3) is 0.308. The summed E-state index contributed by atoms with van der Waals surface area (Å²) in [4.78, 5) is 50.0. The first-order valence-corrected chi connectivity index (χ1v) is 11.9. The first-order chi connectivity index (χ1) is 18.1. The molecule has 2 rings (SSSR count). The van der Waals surface area contributed by atoms with Gasteiger partial charge in [-0.3, -0.25) is 19.2 Å². The Morgan fingerprint density at radius 3 is 2.03 bits per heavy atom. The van der Waals surface area contributed by atoms with Crippen molar-refractivity contribution in [3.05, 3.63) is 76.8 Å². The maximum Gasteiger partial charge on any atom is 0.405 e. The molecule has 2 unspecified atom stereocenters. The van der Waals surface area contributed by atoms with Gasteiger partial charge in [0.15, 0.2) is 0 Å². The van der Waals surface area contributed by atoms with Crippen LogP contribution in [0.15, 0.2) is 60.7 Å². The maximum absolute atomic E-state index is 14.5. The Bertz CT molecular complexity index is 1200. The van der Waals surface area contributed by atoms with Crippen LogP contribution in [-0.2, 0) is 19.2 Å². The van der Waals surface area contributed by atoms with E-state index in [2.05, 4.69) is 10.6 Å². The highest BCUT2D eigenvalue weighted by atomic mass is 35.5. The second-order valence-corrected chi connectivity index (χ2v) is 9.14. The number of rotatable bonds is 11. The summed E-state index contributed by atoms with van der Waals surface area (Å²) in [5, 5.41) is 6.00. The second-order valence-electron chi connectivity index (χ2n) is 8.70. The lowest BCUT2D eigenvalue weighted by Gasteiger charge is -2.27. The summed E-state index contributed by atoms with van der Waals surface area (Å²) < 4.78 is 66.0. The highest BCUT2D eigenvalue weighted by Crippen LogP contribution is 2.23. The summed E-state index contributed by atoms with van der Waals surface area (Å²) >= 11 is 5.82. The Morgan fingerprint density at radius 1 is 0.897 bits per heavy atom. The number of carbonyl (C=O) groups is 4. The summed E-state index contributed by atoms with van der Waals surface area (Å²) in [5.41, 5.74) is 0.861. The Morgan fingerprint density at radius 2 is 1.49 bits per heavy atom. The van der Waals surface area contributed by atoms with Crippen LogP contribution in [0, 0.1) is 5.92 Å². The largest absolute Gasteiger partial charge is 0.405 e. The van der Waals surface area contributed by atoms with Crippen molar-refractivity contribution < 1.29 is 41.1 Å². The van der Waals surface area contributed by atoms with E-state index in [0.29, 0.717) is 10.6 Å². The van der Waals surface area contributed by atoms with Crippen molar-refractivity contribution in [2.45, 2.75) is 38.0 Å². The normalized spacial score (nSPS) is 13.6. The van der Waals surface area contributed by atoms with Gasteiger partial charge in [-0.25, -0.2) is 0 Å². The summed E-state index contributed by atoms with van der Waals surface area (Å²) in [7, 11) is 0. The zero-order valence-electron chi connectivity index (χ0n) is 20.7. The molecule has 13 heteroatoms. The monoisotopic (exact) mass is 573 g/mol. The van der Waals surface area contributed by atoms with Crippen LogP contribution in [-0.4, -0.2) is 48.2 Å². The van der Waals surface area contributed by atoms with Gasteiger partial charge in [0.1, 0.15) is 12.6 Å². The van der Waals surface area contributed by atoms with Crippen LogP contribution in [0.1, 0.15) is 31.0 Å². The molecule has 3 N–H and O–H groups in total. The van der Waals surface area contributed by atoms with Crippen LogP contribution in [0.5, 0.6) is 0 Å². The number of alkyl halides is 5. The number of carbonyl (C=O) groups excluding carboxylic acids is 4. The predicted octanol–water partition coefficient (Wildman–Crippen LogP) is 4.23. The van der Waals surface area contributed by atoms with Gasteiger partial charge in [-0.2, -0.15) is 22.0 Å². The molecule has 0 saturated carbocycles. The van der Waals surface area contributed by atoms with E-state index in [-0.39, 0.29) is 5.56 Å². The van der Waals surface area contributed by atoms with Crippen LogP contribution < -0.4 is 16.0 Å². The molecule has 0 spiro atoms. The highest BCUT2D eigenvalue weighted by Gasteiger charge is 2.52. The number of ketones is 1. The fourth-order valence-electron chi connectivity index (χ4n) is 3.25. The van der Waals surface area contributed by atoms with Crippen molar-refractivity contribution in [2.75, 3.05) is 6.54 Å². The van der Waals surface area contributed by atoms with Gasteiger partial charge in [-0.15, -0.1) is 0 Å². The molecule has 3 amide bonds. The number of Topliss-reactive ketones (excluding diaryl/α,β-unsaturated/α-hetero) is 1. The molecular formula is C26H25ClF5N3O4. The fourth-order valence-corrected chi connectivity index (χ4v) is 3.38. The molecule has 0 heterocycles. The minimum absolute atomic E-state index is 0.243. The summed E-state index contributed by atoms with van der Waals surface area (Å²) in [6.45, 7) is 0.508. The van der Waals surface area contributed by atoms with Crippen molar-refractivity contribution in [2.24, 2.45) is 5.92 Å². The molecule has 210 valence electrons. The molecule has 0 aliphatic carbocycles. The van der Waals surface area contributed by atoms with Crippen molar-refractivity contribution in [3.8, 4) is 0 Å².